The van der Waals surface area contributed by atoms with Gasteiger partial charge in [-0.3, -0.25) is 4.79 Å². The number of carbonyl (C=O) groups is 1. The van der Waals surface area contributed by atoms with Crippen LogP contribution in [-0.2, 0) is 6.42 Å². The number of hydrogen-bond donors (Lipinski definition) is 1. The fraction of sp³-hybridized carbons (Fsp3) is 0.333. The van der Waals surface area contributed by atoms with E-state index in [-0.39, 0.29) is 11.7 Å². The number of anilines is 1. The Labute approximate surface area is 135 Å². The van der Waals surface area contributed by atoms with E-state index < -0.39 is 0 Å². The number of carbonyl (C=O) groups excluding carboxylic acids is 1. The van der Waals surface area contributed by atoms with E-state index in [1.54, 1.807) is 25.1 Å². The van der Waals surface area contributed by atoms with Gasteiger partial charge in [0.05, 0.1) is 5.56 Å². The number of pyridine rings is 1. The third kappa shape index (κ3) is 3.50. The average molecular weight is 313 g/mol. The van der Waals surface area contributed by atoms with Crippen molar-refractivity contribution < 1.29 is 9.18 Å². The molecule has 1 fully saturated rings. The Hall–Kier alpha value is -2.43. The lowest BCUT2D eigenvalue weighted by atomic mass is 9.98. The zero-order chi connectivity index (χ0) is 16.4. The normalized spacial score (nSPS) is 17.5. The molecule has 5 heteroatoms. The van der Waals surface area contributed by atoms with E-state index >= 15 is 0 Å². The summed E-state index contributed by atoms with van der Waals surface area (Å²) in [5.41, 5.74) is 7.75. The molecule has 1 unspecified atom stereocenters. The number of hydrogen-bond acceptors (Lipinski definition) is 3. The van der Waals surface area contributed by atoms with E-state index in [9.17, 15) is 9.18 Å². The van der Waals surface area contributed by atoms with Gasteiger partial charge in [-0.2, -0.15) is 0 Å². The van der Waals surface area contributed by atoms with Gasteiger partial charge in [-0.15, -0.1) is 0 Å². The molecule has 1 aliphatic rings. The van der Waals surface area contributed by atoms with Crippen molar-refractivity contribution in [2.45, 2.75) is 19.8 Å². The molecular formula is C18H20FN3O. The minimum atomic E-state index is -0.165. The summed E-state index contributed by atoms with van der Waals surface area (Å²) in [6.07, 6.45) is 3.24. The van der Waals surface area contributed by atoms with Crippen LogP contribution in [0.4, 0.5) is 10.2 Å². The van der Waals surface area contributed by atoms with Crippen LogP contribution in [-0.4, -0.2) is 28.9 Å². The van der Waals surface area contributed by atoms with Gasteiger partial charge in [0.15, 0.2) is 0 Å². The molecule has 120 valence electrons. The topological polar surface area (TPSA) is 59.2 Å². The number of aryl methyl sites for hydroxylation is 1. The Balaban J connectivity index is 1.62. The molecule has 0 spiro atoms. The molecule has 23 heavy (non-hydrogen) atoms. The number of rotatable bonds is 3. The zero-order valence-corrected chi connectivity index (χ0v) is 13.1. The maximum absolute atomic E-state index is 13.6. The van der Waals surface area contributed by atoms with Crippen molar-refractivity contribution in [3.8, 4) is 0 Å². The summed E-state index contributed by atoms with van der Waals surface area (Å²) in [4.78, 5) is 18.2. The molecule has 2 N–H and O–H groups in total. The molecule has 4 nitrogen and oxygen atoms in total. The van der Waals surface area contributed by atoms with Crippen molar-refractivity contribution in [2.24, 2.45) is 5.92 Å². The number of nitrogen functional groups attached to an aromatic ring is 1. The highest BCUT2D eigenvalue weighted by Crippen LogP contribution is 2.23. The molecule has 3 rings (SSSR count). The molecular weight excluding hydrogens is 293 g/mol. The summed E-state index contributed by atoms with van der Waals surface area (Å²) in [6.45, 7) is 3.18. The highest BCUT2D eigenvalue weighted by Gasteiger charge is 2.27. The molecule has 0 aliphatic carbocycles. The van der Waals surface area contributed by atoms with Gasteiger partial charge in [0.2, 0.25) is 0 Å². The van der Waals surface area contributed by atoms with Crippen molar-refractivity contribution >= 4 is 11.7 Å². The minimum Gasteiger partial charge on any atom is -0.384 e. The maximum Gasteiger partial charge on any atom is 0.255 e. The second-order valence-corrected chi connectivity index (χ2v) is 6.17. The van der Waals surface area contributed by atoms with Crippen LogP contribution >= 0.6 is 0 Å². The van der Waals surface area contributed by atoms with Gasteiger partial charge >= 0.3 is 0 Å². The molecule has 0 saturated carbocycles. The summed E-state index contributed by atoms with van der Waals surface area (Å²) in [7, 11) is 0. The molecule has 0 radical (unpaired) electrons. The second kappa shape index (κ2) is 6.36. The van der Waals surface area contributed by atoms with Crippen LogP contribution in [0.2, 0.25) is 0 Å². The molecule has 1 atom stereocenters. The maximum atomic E-state index is 13.6. The third-order valence-corrected chi connectivity index (χ3v) is 4.37. The largest absolute Gasteiger partial charge is 0.384 e. The zero-order valence-electron chi connectivity index (χ0n) is 13.1. The number of aromatic nitrogens is 1. The number of halogens is 1. The molecule has 0 bridgehead atoms. The highest BCUT2D eigenvalue weighted by molar-refractivity contribution is 5.94. The standard InChI is InChI=1S/C18H20FN3O/c1-12-2-3-13(9-16(12)19)8-14-6-7-22(11-14)18(23)15-4-5-17(20)21-10-15/h2-5,9-10,14H,6-8,11H2,1H3,(H2,20,21). The van der Waals surface area contributed by atoms with Crippen molar-refractivity contribution in [3.05, 3.63) is 59.0 Å². The molecule has 1 aromatic carbocycles. The first-order chi connectivity index (χ1) is 11.0. The molecule has 1 aromatic heterocycles. The van der Waals surface area contributed by atoms with E-state index in [0.717, 1.165) is 24.9 Å². The van der Waals surface area contributed by atoms with Gasteiger partial charge < -0.3 is 10.6 Å². The fourth-order valence-electron chi connectivity index (χ4n) is 2.99. The lowest BCUT2D eigenvalue weighted by Gasteiger charge is -2.16. The van der Waals surface area contributed by atoms with Crippen LogP contribution in [0.25, 0.3) is 0 Å². The van der Waals surface area contributed by atoms with Gasteiger partial charge in [-0.05, 0) is 55.0 Å². The van der Waals surface area contributed by atoms with Crippen LogP contribution in [0.15, 0.2) is 36.5 Å². The monoisotopic (exact) mass is 313 g/mol. The minimum absolute atomic E-state index is 0.0184. The van der Waals surface area contributed by atoms with Gasteiger partial charge in [0.1, 0.15) is 11.6 Å². The molecule has 2 heterocycles. The summed E-state index contributed by atoms with van der Waals surface area (Å²) in [6, 6.07) is 8.71. The van der Waals surface area contributed by atoms with Crippen LogP contribution < -0.4 is 5.73 Å². The van der Waals surface area contributed by atoms with Crippen molar-refractivity contribution in [3.63, 3.8) is 0 Å². The lowest BCUT2D eigenvalue weighted by molar-refractivity contribution is 0.0786. The third-order valence-electron chi connectivity index (χ3n) is 4.37. The molecule has 2 aromatic rings. The van der Waals surface area contributed by atoms with Crippen LogP contribution in [0, 0.1) is 18.7 Å². The van der Waals surface area contributed by atoms with Gasteiger partial charge in [-0.25, -0.2) is 9.37 Å². The highest BCUT2D eigenvalue weighted by atomic mass is 19.1. The average Bonchev–Trinajstić information content (AvgIpc) is 2.99. The fourth-order valence-corrected chi connectivity index (χ4v) is 2.99. The van der Waals surface area contributed by atoms with E-state index in [4.69, 9.17) is 5.73 Å². The number of benzene rings is 1. The number of amides is 1. The van der Waals surface area contributed by atoms with E-state index in [1.165, 1.54) is 6.20 Å². The SMILES string of the molecule is Cc1ccc(CC2CCN(C(=O)c3ccc(N)nc3)C2)cc1F. The van der Waals surface area contributed by atoms with E-state index in [2.05, 4.69) is 4.98 Å². The molecule has 1 saturated heterocycles. The smallest absolute Gasteiger partial charge is 0.255 e. The summed E-state index contributed by atoms with van der Waals surface area (Å²) < 4.78 is 13.6. The van der Waals surface area contributed by atoms with Crippen LogP contribution in [0.1, 0.15) is 27.9 Å². The van der Waals surface area contributed by atoms with Crippen molar-refractivity contribution in [1.82, 2.24) is 9.88 Å². The van der Waals surface area contributed by atoms with E-state index in [0.29, 0.717) is 29.4 Å². The lowest BCUT2D eigenvalue weighted by Crippen LogP contribution is -2.29. The first-order valence-corrected chi connectivity index (χ1v) is 7.79. The van der Waals surface area contributed by atoms with E-state index in [1.807, 2.05) is 17.0 Å². The summed E-state index contributed by atoms with van der Waals surface area (Å²) in [5.74, 6) is 0.585. The van der Waals surface area contributed by atoms with Crippen LogP contribution in [0.5, 0.6) is 0 Å². The first kappa shape index (κ1) is 15.5. The summed E-state index contributed by atoms with van der Waals surface area (Å²) in [5, 5.41) is 0. The Kier molecular flexibility index (Phi) is 4.28. The number of likely N-dealkylation sites (tertiary alicyclic amines) is 1. The molecule has 1 aliphatic heterocycles. The van der Waals surface area contributed by atoms with Gasteiger partial charge in [0.25, 0.3) is 5.91 Å². The predicted octanol–water partition coefficient (Wildman–Crippen LogP) is 2.82. The summed E-state index contributed by atoms with van der Waals surface area (Å²) >= 11 is 0. The first-order valence-electron chi connectivity index (χ1n) is 7.79. The van der Waals surface area contributed by atoms with Gasteiger partial charge in [-0.1, -0.05) is 12.1 Å². The quantitative estimate of drug-likeness (QED) is 0.948. The molecule has 1 amide bonds. The second-order valence-electron chi connectivity index (χ2n) is 6.17. The predicted molar refractivity (Wildman–Crippen MR) is 87.5 cm³/mol. The number of nitrogens with zero attached hydrogens (tertiary/aromatic N) is 2. The van der Waals surface area contributed by atoms with Crippen molar-refractivity contribution in [2.75, 3.05) is 18.8 Å². The number of nitrogens with two attached hydrogens (primary N) is 1. The van der Waals surface area contributed by atoms with Crippen molar-refractivity contribution in [1.29, 1.82) is 0 Å². The Morgan fingerprint density at radius 1 is 1.39 bits per heavy atom. The van der Waals surface area contributed by atoms with Crippen LogP contribution in [0.3, 0.4) is 0 Å². The Bertz CT molecular complexity index is 715. The Morgan fingerprint density at radius 3 is 2.91 bits per heavy atom. The Morgan fingerprint density at radius 2 is 2.22 bits per heavy atom. The van der Waals surface area contributed by atoms with Gasteiger partial charge in [0, 0.05) is 19.3 Å².